The minimum Gasteiger partial charge on any atom is -0.287 e. The van der Waals surface area contributed by atoms with Gasteiger partial charge in [0, 0.05) is 5.41 Å². The monoisotopic (exact) mass is 272 g/mol. The zero-order valence-electron chi connectivity index (χ0n) is 9.42. The smallest absolute Gasteiger partial charge is 0.287 e. The first-order valence-electron chi connectivity index (χ1n) is 4.78. The fourth-order valence-corrected chi connectivity index (χ4v) is 2.55. The zero-order valence-corrected chi connectivity index (χ0v) is 11.1. The van der Waals surface area contributed by atoms with E-state index < -0.39 is 17.7 Å². The highest BCUT2D eigenvalue weighted by Gasteiger charge is 2.25. The molecule has 0 atom stereocenters. The summed E-state index contributed by atoms with van der Waals surface area (Å²) < 4.78 is 48.2. The maximum atomic E-state index is 11.7. The van der Waals surface area contributed by atoms with Gasteiger partial charge in [-0.1, -0.05) is 6.58 Å². The van der Waals surface area contributed by atoms with Gasteiger partial charge in [0.25, 0.3) is 0 Å². The van der Waals surface area contributed by atoms with Crippen molar-refractivity contribution in [1.29, 1.82) is 0 Å². The summed E-state index contributed by atoms with van der Waals surface area (Å²) in [5.41, 5.74) is 0. The van der Waals surface area contributed by atoms with Crippen LogP contribution in [0.15, 0.2) is 12.0 Å². The first kappa shape index (κ1) is 15.8. The van der Waals surface area contributed by atoms with E-state index in [0.717, 1.165) is 5.41 Å². The predicted octanol–water partition coefficient (Wildman–Crippen LogP) is 1.74. The van der Waals surface area contributed by atoms with E-state index >= 15 is 0 Å². The lowest BCUT2D eigenvalue weighted by Crippen LogP contribution is -2.10. The number of rotatable bonds is 9. The van der Waals surface area contributed by atoms with Gasteiger partial charge in [-0.3, -0.25) is 13.6 Å². The van der Waals surface area contributed by atoms with Gasteiger partial charge in [-0.05, 0) is 13.8 Å². The molecule has 0 heterocycles. The van der Waals surface area contributed by atoms with Crippen LogP contribution >= 0.6 is 7.82 Å². The maximum Gasteiger partial charge on any atom is 0.474 e. The van der Waals surface area contributed by atoms with Crippen LogP contribution in [0.5, 0.6) is 0 Å². The van der Waals surface area contributed by atoms with Gasteiger partial charge in [0.1, 0.15) is 0 Å². The maximum absolute atomic E-state index is 11.7. The molecule has 0 fully saturated rings. The molecule has 0 rings (SSSR count). The zero-order chi connectivity index (χ0) is 12.7. The van der Waals surface area contributed by atoms with Crippen LogP contribution in [0.1, 0.15) is 13.8 Å². The normalized spacial score (nSPS) is 12.6. The van der Waals surface area contributed by atoms with Gasteiger partial charge < -0.3 is 0 Å². The summed E-state index contributed by atoms with van der Waals surface area (Å²) in [6, 6.07) is 0. The number of hydrogen-bond donors (Lipinski definition) is 0. The van der Waals surface area contributed by atoms with Crippen molar-refractivity contribution < 1.29 is 26.6 Å². The highest BCUT2D eigenvalue weighted by atomic mass is 32.2. The minimum absolute atomic E-state index is 0.158. The molecule has 0 spiro atoms. The third kappa shape index (κ3) is 6.40. The predicted molar refractivity (Wildman–Crippen MR) is 60.8 cm³/mol. The van der Waals surface area contributed by atoms with Crippen LogP contribution in [-0.4, -0.2) is 34.0 Å². The van der Waals surface area contributed by atoms with Gasteiger partial charge in [0.05, 0.1) is 25.6 Å². The molecule has 0 aliphatic carbocycles. The van der Waals surface area contributed by atoms with Crippen molar-refractivity contribution in [2.45, 2.75) is 13.8 Å². The fraction of sp³-hybridized carbons (Fsp3) is 0.750. The third-order valence-electron chi connectivity index (χ3n) is 1.45. The minimum atomic E-state index is -3.61. The van der Waals surface area contributed by atoms with Crippen LogP contribution in [0.2, 0.25) is 0 Å². The molecule has 6 nitrogen and oxygen atoms in total. The van der Waals surface area contributed by atoms with Gasteiger partial charge in [0.2, 0.25) is 0 Å². The Balaban J connectivity index is 4.23. The molecule has 16 heavy (non-hydrogen) atoms. The number of phosphoric ester groups is 1. The first-order chi connectivity index (χ1) is 7.39. The molecule has 0 N–H and O–H groups in total. The molecule has 0 bridgehead atoms. The van der Waals surface area contributed by atoms with Crippen molar-refractivity contribution in [1.82, 2.24) is 0 Å². The summed E-state index contributed by atoms with van der Waals surface area (Å²) >= 11 is 0. The molecule has 0 aliphatic heterocycles. The Labute approximate surface area is 96.1 Å². The molecule has 96 valence electrons. The van der Waals surface area contributed by atoms with Gasteiger partial charge in [0.15, 0.2) is 9.84 Å². The SMILES string of the molecule is C=CS(=O)(=O)CCOP(=O)(OCC)OCC. The molecule has 0 aromatic heterocycles. The lowest BCUT2D eigenvalue weighted by molar-refractivity contribution is 0.127. The van der Waals surface area contributed by atoms with E-state index in [-0.39, 0.29) is 25.6 Å². The van der Waals surface area contributed by atoms with Gasteiger partial charge in [-0.2, -0.15) is 0 Å². The molecule has 8 heteroatoms. The van der Waals surface area contributed by atoms with Crippen molar-refractivity contribution in [2.24, 2.45) is 0 Å². The molecule has 0 radical (unpaired) electrons. The van der Waals surface area contributed by atoms with Crippen molar-refractivity contribution in [3.63, 3.8) is 0 Å². The average molecular weight is 272 g/mol. The van der Waals surface area contributed by atoms with Crippen molar-refractivity contribution in [3.8, 4) is 0 Å². The van der Waals surface area contributed by atoms with Crippen LogP contribution in [0.25, 0.3) is 0 Å². The Morgan fingerprint density at radius 2 is 1.69 bits per heavy atom. The molecule has 0 unspecified atom stereocenters. The molecule has 0 saturated carbocycles. The Morgan fingerprint density at radius 3 is 2.06 bits per heavy atom. The summed E-state index contributed by atoms with van der Waals surface area (Å²) in [6.45, 7) is 6.47. The van der Waals surface area contributed by atoms with Crippen LogP contribution in [0.3, 0.4) is 0 Å². The molecule has 0 aromatic rings. The highest BCUT2D eigenvalue weighted by Crippen LogP contribution is 2.48. The van der Waals surface area contributed by atoms with E-state index in [9.17, 15) is 13.0 Å². The average Bonchev–Trinajstić information content (AvgIpc) is 2.18. The largest absolute Gasteiger partial charge is 0.474 e. The van der Waals surface area contributed by atoms with Gasteiger partial charge >= 0.3 is 7.82 Å². The molecule has 0 saturated heterocycles. The van der Waals surface area contributed by atoms with E-state index in [1.54, 1.807) is 13.8 Å². The summed E-state index contributed by atoms with van der Waals surface area (Å²) in [5.74, 6) is -0.305. The summed E-state index contributed by atoms with van der Waals surface area (Å²) in [7, 11) is -6.98. The van der Waals surface area contributed by atoms with E-state index in [0.29, 0.717) is 0 Å². The Hall–Kier alpha value is -0.200. The lowest BCUT2D eigenvalue weighted by Gasteiger charge is -2.15. The number of hydrogen-bond acceptors (Lipinski definition) is 6. The summed E-state index contributed by atoms with van der Waals surface area (Å²) in [6.07, 6.45) is 0. The van der Waals surface area contributed by atoms with Gasteiger partial charge in [-0.15, -0.1) is 0 Å². The van der Waals surface area contributed by atoms with Crippen molar-refractivity contribution in [3.05, 3.63) is 12.0 Å². The van der Waals surface area contributed by atoms with Crippen LogP contribution in [-0.2, 0) is 28.0 Å². The number of sulfone groups is 1. The fourth-order valence-electron chi connectivity index (χ4n) is 0.777. The quantitative estimate of drug-likeness (QED) is 0.595. The second kappa shape index (κ2) is 7.19. The molecule has 0 aliphatic rings. The Bertz CT molecular complexity index is 340. The van der Waals surface area contributed by atoms with Crippen LogP contribution in [0.4, 0.5) is 0 Å². The summed E-state index contributed by atoms with van der Waals surface area (Å²) in [5, 5.41) is 0.822. The lowest BCUT2D eigenvalue weighted by atomic mass is 10.9. The first-order valence-corrected chi connectivity index (χ1v) is 7.95. The van der Waals surface area contributed by atoms with Crippen molar-refractivity contribution in [2.75, 3.05) is 25.6 Å². The van der Waals surface area contributed by atoms with Crippen molar-refractivity contribution >= 4 is 17.7 Å². The van der Waals surface area contributed by atoms with E-state index in [1.807, 2.05) is 0 Å². The van der Waals surface area contributed by atoms with E-state index in [1.165, 1.54) is 0 Å². The highest BCUT2D eigenvalue weighted by molar-refractivity contribution is 7.94. The topological polar surface area (TPSA) is 78.9 Å². The Morgan fingerprint density at radius 1 is 1.19 bits per heavy atom. The second-order valence-electron chi connectivity index (χ2n) is 2.65. The Kier molecular flexibility index (Phi) is 7.10. The second-order valence-corrected chi connectivity index (χ2v) is 6.39. The molecule has 0 amide bonds. The standard InChI is InChI=1S/C8H17O6PS/c1-4-12-15(9,13-5-2)14-7-8-16(10,11)6-3/h6H,3-5,7-8H2,1-2H3. The third-order valence-corrected chi connectivity index (χ3v) is 4.34. The number of phosphoric acid groups is 1. The van der Waals surface area contributed by atoms with Crippen LogP contribution in [0, 0.1) is 0 Å². The summed E-state index contributed by atoms with van der Waals surface area (Å²) in [4.78, 5) is 0. The van der Waals surface area contributed by atoms with E-state index in [2.05, 4.69) is 6.58 Å². The van der Waals surface area contributed by atoms with E-state index in [4.69, 9.17) is 13.6 Å². The molecular formula is C8H17O6PS. The molecule has 0 aromatic carbocycles. The molecular weight excluding hydrogens is 255 g/mol. The van der Waals surface area contributed by atoms with Gasteiger partial charge in [-0.25, -0.2) is 13.0 Å². The van der Waals surface area contributed by atoms with Crippen LogP contribution < -0.4 is 0 Å².